The van der Waals surface area contributed by atoms with E-state index in [4.69, 9.17) is 9.72 Å². The Morgan fingerprint density at radius 1 is 1.43 bits per heavy atom. The SMILES string of the molecule is CCOc1ccc2nc(NC3CCCC(C)(C)C3)sc2c1. The third-order valence-corrected chi connectivity index (χ3v) is 5.15. The van der Waals surface area contributed by atoms with Crippen molar-refractivity contribution < 1.29 is 4.74 Å². The van der Waals surface area contributed by atoms with Crippen molar-refractivity contribution in [2.45, 2.75) is 52.5 Å². The first-order chi connectivity index (χ1) is 10.1. The highest BCUT2D eigenvalue weighted by Crippen LogP contribution is 2.37. The van der Waals surface area contributed by atoms with Gasteiger partial charge in [-0.15, -0.1) is 0 Å². The van der Waals surface area contributed by atoms with Crippen molar-refractivity contribution in [1.29, 1.82) is 0 Å². The Morgan fingerprint density at radius 2 is 2.29 bits per heavy atom. The van der Waals surface area contributed by atoms with E-state index in [9.17, 15) is 0 Å². The molecule has 1 unspecified atom stereocenters. The molecule has 1 aliphatic rings. The number of ether oxygens (including phenoxy) is 1. The third kappa shape index (κ3) is 3.49. The zero-order valence-corrected chi connectivity index (χ0v) is 13.9. The number of hydrogen-bond acceptors (Lipinski definition) is 4. The topological polar surface area (TPSA) is 34.1 Å². The fourth-order valence-electron chi connectivity index (χ4n) is 3.22. The standard InChI is InChI=1S/C17H24N2OS/c1-4-20-13-7-8-14-15(10-13)21-16(19-14)18-12-6-5-9-17(2,3)11-12/h7-8,10,12H,4-6,9,11H2,1-3H3,(H,18,19). The van der Waals surface area contributed by atoms with Gasteiger partial charge in [-0.2, -0.15) is 0 Å². The van der Waals surface area contributed by atoms with Crippen molar-refractivity contribution in [3.63, 3.8) is 0 Å². The molecule has 0 radical (unpaired) electrons. The molecule has 1 atom stereocenters. The van der Waals surface area contributed by atoms with Gasteiger partial charge in [0.15, 0.2) is 5.13 Å². The molecule has 21 heavy (non-hydrogen) atoms. The smallest absolute Gasteiger partial charge is 0.184 e. The number of thiazole rings is 1. The maximum absolute atomic E-state index is 5.56. The third-order valence-electron chi connectivity index (χ3n) is 4.20. The molecule has 0 saturated heterocycles. The van der Waals surface area contributed by atoms with Gasteiger partial charge in [0.25, 0.3) is 0 Å². The average molecular weight is 304 g/mol. The Bertz CT molecular complexity index is 620. The molecule has 1 heterocycles. The summed E-state index contributed by atoms with van der Waals surface area (Å²) in [4.78, 5) is 4.71. The number of nitrogens with one attached hydrogen (secondary N) is 1. The zero-order chi connectivity index (χ0) is 14.9. The van der Waals surface area contributed by atoms with E-state index in [1.807, 2.05) is 19.1 Å². The first-order valence-electron chi connectivity index (χ1n) is 7.86. The predicted octanol–water partition coefficient (Wildman–Crippen LogP) is 5.08. The molecule has 114 valence electrons. The van der Waals surface area contributed by atoms with Crippen LogP contribution >= 0.6 is 11.3 Å². The van der Waals surface area contributed by atoms with Crippen LogP contribution in [0.2, 0.25) is 0 Å². The second kappa shape index (κ2) is 5.84. The number of benzene rings is 1. The van der Waals surface area contributed by atoms with Gasteiger partial charge in [-0.05, 0) is 49.8 Å². The molecule has 0 bridgehead atoms. The van der Waals surface area contributed by atoms with E-state index in [0.29, 0.717) is 18.1 Å². The van der Waals surface area contributed by atoms with Crippen LogP contribution in [0.25, 0.3) is 10.2 Å². The Labute approximate surface area is 130 Å². The molecule has 3 rings (SSSR count). The lowest BCUT2D eigenvalue weighted by molar-refractivity contribution is 0.229. The molecule has 1 saturated carbocycles. The molecule has 1 fully saturated rings. The molecular formula is C17H24N2OS. The summed E-state index contributed by atoms with van der Waals surface area (Å²) >= 11 is 1.73. The molecule has 2 aromatic rings. The normalized spacial score (nSPS) is 21.4. The second-order valence-corrected chi connectivity index (χ2v) is 7.71. The van der Waals surface area contributed by atoms with Crippen LogP contribution in [-0.2, 0) is 0 Å². The van der Waals surface area contributed by atoms with Gasteiger partial charge in [0.05, 0.1) is 16.8 Å². The van der Waals surface area contributed by atoms with Gasteiger partial charge in [0.2, 0.25) is 0 Å². The maximum Gasteiger partial charge on any atom is 0.184 e. The molecule has 4 heteroatoms. The lowest BCUT2D eigenvalue weighted by Gasteiger charge is -2.35. The Kier molecular flexibility index (Phi) is 4.07. The van der Waals surface area contributed by atoms with Crippen molar-refractivity contribution in [3.05, 3.63) is 18.2 Å². The summed E-state index contributed by atoms with van der Waals surface area (Å²) in [5.74, 6) is 0.930. The number of anilines is 1. The van der Waals surface area contributed by atoms with Gasteiger partial charge < -0.3 is 10.1 Å². The van der Waals surface area contributed by atoms with Gasteiger partial charge >= 0.3 is 0 Å². The highest BCUT2D eigenvalue weighted by atomic mass is 32.1. The van der Waals surface area contributed by atoms with Crippen molar-refractivity contribution in [1.82, 2.24) is 4.98 Å². The van der Waals surface area contributed by atoms with E-state index in [1.54, 1.807) is 11.3 Å². The molecular weight excluding hydrogens is 280 g/mol. The molecule has 1 N–H and O–H groups in total. The summed E-state index contributed by atoms with van der Waals surface area (Å²) in [7, 11) is 0. The highest BCUT2D eigenvalue weighted by molar-refractivity contribution is 7.22. The molecule has 0 spiro atoms. The van der Waals surface area contributed by atoms with Crippen LogP contribution in [0, 0.1) is 5.41 Å². The summed E-state index contributed by atoms with van der Waals surface area (Å²) in [5.41, 5.74) is 1.51. The van der Waals surface area contributed by atoms with Crippen LogP contribution in [0.4, 0.5) is 5.13 Å². The monoisotopic (exact) mass is 304 g/mol. The van der Waals surface area contributed by atoms with Gasteiger partial charge in [0, 0.05) is 6.04 Å². The molecule has 3 nitrogen and oxygen atoms in total. The predicted molar refractivity (Wildman–Crippen MR) is 90.4 cm³/mol. The number of fused-ring (bicyclic) bond motifs is 1. The van der Waals surface area contributed by atoms with Crippen molar-refractivity contribution in [2.24, 2.45) is 5.41 Å². The Balaban J connectivity index is 1.75. The van der Waals surface area contributed by atoms with Crippen LogP contribution in [0.3, 0.4) is 0 Å². The van der Waals surface area contributed by atoms with Crippen LogP contribution in [-0.4, -0.2) is 17.6 Å². The second-order valence-electron chi connectivity index (χ2n) is 6.68. The Hall–Kier alpha value is -1.29. The van der Waals surface area contributed by atoms with E-state index in [2.05, 4.69) is 25.2 Å². The van der Waals surface area contributed by atoms with Gasteiger partial charge in [0.1, 0.15) is 5.75 Å². The van der Waals surface area contributed by atoms with E-state index in [-0.39, 0.29) is 0 Å². The van der Waals surface area contributed by atoms with Crippen LogP contribution in [0.15, 0.2) is 18.2 Å². The number of hydrogen-bond donors (Lipinski definition) is 1. The fraction of sp³-hybridized carbons (Fsp3) is 0.588. The summed E-state index contributed by atoms with van der Waals surface area (Å²) in [6.07, 6.45) is 5.13. The maximum atomic E-state index is 5.56. The van der Waals surface area contributed by atoms with Gasteiger partial charge in [-0.3, -0.25) is 0 Å². The first-order valence-corrected chi connectivity index (χ1v) is 8.67. The van der Waals surface area contributed by atoms with Gasteiger partial charge in [-0.25, -0.2) is 4.98 Å². The van der Waals surface area contributed by atoms with Crippen molar-refractivity contribution in [2.75, 3.05) is 11.9 Å². The summed E-state index contributed by atoms with van der Waals surface area (Å²) < 4.78 is 6.75. The van der Waals surface area contributed by atoms with Crippen molar-refractivity contribution in [3.8, 4) is 5.75 Å². The summed E-state index contributed by atoms with van der Waals surface area (Å²) in [5, 5.41) is 4.69. The van der Waals surface area contributed by atoms with E-state index in [0.717, 1.165) is 16.4 Å². The van der Waals surface area contributed by atoms with E-state index >= 15 is 0 Å². The Morgan fingerprint density at radius 3 is 3.05 bits per heavy atom. The zero-order valence-electron chi connectivity index (χ0n) is 13.1. The van der Waals surface area contributed by atoms with Crippen LogP contribution < -0.4 is 10.1 Å². The molecule has 0 aliphatic heterocycles. The molecule has 1 aromatic heterocycles. The van der Waals surface area contributed by atoms with E-state index < -0.39 is 0 Å². The highest BCUT2D eigenvalue weighted by Gasteiger charge is 2.28. The largest absolute Gasteiger partial charge is 0.494 e. The molecule has 1 aromatic carbocycles. The van der Waals surface area contributed by atoms with Crippen LogP contribution in [0.1, 0.15) is 46.5 Å². The number of nitrogens with zero attached hydrogens (tertiary/aromatic N) is 1. The average Bonchev–Trinajstić information content (AvgIpc) is 2.79. The minimum Gasteiger partial charge on any atom is -0.494 e. The van der Waals surface area contributed by atoms with Crippen molar-refractivity contribution >= 4 is 26.7 Å². The van der Waals surface area contributed by atoms with Gasteiger partial charge in [-0.1, -0.05) is 31.6 Å². The van der Waals surface area contributed by atoms with Crippen LogP contribution in [0.5, 0.6) is 5.75 Å². The minimum absolute atomic E-state index is 0.453. The minimum atomic E-state index is 0.453. The summed E-state index contributed by atoms with van der Waals surface area (Å²) in [6.45, 7) is 7.45. The molecule has 0 amide bonds. The number of aromatic nitrogens is 1. The first kappa shape index (κ1) is 14.6. The number of rotatable bonds is 4. The lowest BCUT2D eigenvalue weighted by atomic mass is 9.75. The van der Waals surface area contributed by atoms with E-state index in [1.165, 1.54) is 30.4 Å². The molecule has 1 aliphatic carbocycles. The fourth-order valence-corrected chi connectivity index (χ4v) is 4.19. The summed E-state index contributed by atoms with van der Waals surface area (Å²) in [6, 6.07) is 6.69. The lowest BCUT2D eigenvalue weighted by Crippen LogP contribution is -2.31. The quantitative estimate of drug-likeness (QED) is 0.855.